The van der Waals surface area contributed by atoms with Crippen molar-refractivity contribution < 1.29 is 19.4 Å². The molecule has 1 aromatic carbocycles. The van der Waals surface area contributed by atoms with Crippen molar-refractivity contribution in [1.29, 1.82) is 0 Å². The van der Waals surface area contributed by atoms with Crippen molar-refractivity contribution in [1.82, 2.24) is 0 Å². The molecule has 112 valence electrons. The SMILES string of the molecule is CCCCCOc1cc(O)c(C(=O)CCC)c(OC)c1. The lowest BCUT2D eigenvalue weighted by atomic mass is 10.0. The summed E-state index contributed by atoms with van der Waals surface area (Å²) < 4.78 is 10.8. The summed E-state index contributed by atoms with van der Waals surface area (Å²) in [6.45, 7) is 4.65. The Hall–Kier alpha value is -1.71. The van der Waals surface area contributed by atoms with Gasteiger partial charge in [0.05, 0.1) is 13.7 Å². The van der Waals surface area contributed by atoms with Crippen LogP contribution >= 0.6 is 0 Å². The highest BCUT2D eigenvalue weighted by Crippen LogP contribution is 2.34. The monoisotopic (exact) mass is 280 g/mol. The van der Waals surface area contributed by atoms with Crippen LogP contribution in [0.5, 0.6) is 17.2 Å². The fraction of sp³-hybridized carbons (Fsp3) is 0.562. The highest BCUT2D eigenvalue weighted by atomic mass is 16.5. The number of hydrogen-bond acceptors (Lipinski definition) is 4. The molecule has 0 atom stereocenters. The highest BCUT2D eigenvalue weighted by Gasteiger charge is 2.18. The van der Waals surface area contributed by atoms with Crippen molar-refractivity contribution in [3.8, 4) is 17.2 Å². The maximum absolute atomic E-state index is 12.0. The lowest BCUT2D eigenvalue weighted by molar-refractivity contribution is 0.0976. The summed E-state index contributed by atoms with van der Waals surface area (Å²) in [6.07, 6.45) is 4.33. The molecule has 0 aromatic heterocycles. The van der Waals surface area contributed by atoms with Gasteiger partial charge in [-0.1, -0.05) is 26.7 Å². The summed E-state index contributed by atoms with van der Waals surface area (Å²) in [4.78, 5) is 12.0. The zero-order valence-electron chi connectivity index (χ0n) is 12.6. The van der Waals surface area contributed by atoms with E-state index in [0.717, 1.165) is 25.7 Å². The van der Waals surface area contributed by atoms with E-state index in [4.69, 9.17) is 9.47 Å². The molecule has 0 saturated heterocycles. The predicted octanol–water partition coefficient (Wildman–Crippen LogP) is 3.95. The van der Waals surface area contributed by atoms with Crippen LogP contribution in [0.2, 0.25) is 0 Å². The second-order valence-electron chi connectivity index (χ2n) is 4.75. The first-order chi connectivity index (χ1) is 9.63. The summed E-state index contributed by atoms with van der Waals surface area (Å²) in [6, 6.07) is 3.14. The number of unbranched alkanes of at least 4 members (excludes halogenated alkanes) is 2. The van der Waals surface area contributed by atoms with Gasteiger partial charge in [0.25, 0.3) is 0 Å². The quantitative estimate of drug-likeness (QED) is 0.549. The second kappa shape index (κ2) is 8.46. The number of carbonyl (C=O) groups excluding carboxylic acids is 1. The van der Waals surface area contributed by atoms with Gasteiger partial charge in [-0.15, -0.1) is 0 Å². The summed E-state index contributed by atoms with van der Waals surface area (Å²) in [5.74, 6) is 0.713. The van der Waals surface area contributed by atoms with E-state index in [1.54, 1.807) is 6.07 Å². The van der Waals surface area contributed by atoms with Gasteiger partial charge in [-0.05, 0) is 12.8 Å². The van der Waals surface area contributed by atoms with Crippen LogP contribution in [0.1, 0.15) is 56.3 Å². The first kappa shape index (κ1) is 16.3. The van der Waals surface area contributed by atoms with Crippen LogP contribution in [0.3, 0.4) is 0 Å². The third-order valence-electron chi connectivity index (χ3n) is 3.05. The minimum absolute atomic E-state index is 0.0757. The summed E-state index contributed by atoms with van der Waals surface area (Å²) in [7, 11) is 1.48. The predicted molar refractivity (Wildman–Crippen MR) is 78.9 cm³/mol. The van der Waals surface area contributed by atoms with Crippen molar-refractivity contribution in [3.63, 3.8) is 0 Å². The van der Waals surface area contributed by atoms with Crippen molar-refractivity contribution >= 4 is 5.78 Å². The Kier molecular flexibility index (Phi) is 6.91. The smallest absolute Gasteiger partial charge is 0.170 e. The number of carbonyl (C=O) groups is 1. The first-order valence-corrected chi connectivity index (χ1v) is 7.21. The number of ketones is 1. The molecule has 0 amide bonds. The maximum atomic E-state index is 12.0. The van der Waals surface area contributed by atoms with Gasteiger partial charge in [-0.2, -0.15) is 0 Å². The average molecular weight is 280 g/mol. The van der Waals surface area contributed by atoms with Crippen molar-refractivity contribution in [2.75, 3.05) is 13.7 Å². The molecule has 0 bridgehead atoms. The molecule has 0 aliphatic carbocycles. The van der Waals surface area contributed by atoms with E-state index in [9.17, 15) is 9.90 Å². The molecule has 1 rings (SSSR count). The molecule has 1 N–H and O–H groups in total. The van der Waals surface area contributed by atoms with E-state index in [1.807, 2.05) is 6.92 Å². The van der Waals surface area contributed by atoms with Gasteiger partial charge in [0.1, 0.15) is 22.8 Å². The molecule has 20 heavy (non-hydrogen) atoms. The van der Waals surface area contributed by atoms with E-state index >= 15 is 0 Å². The van der Waals surface area contributed by atoms with Gasteiger partial charge in [0.15, 0.2) is 5.78 Å². The summed E-state index contributed by atoms with van der Waals surface area (Å²) in [5, 5.41) is 10.0. The molecule has 0 spiro atoms. The van der Waals surface area contributed by atoms with E-state index in [-0.39, 0.29) is 17.1 Å². The van der Waals surface area contributed by atoms with E-state index in [2.05, 4.69) is 6.92 Å². The molecule has 0 aliphatic heterocycles. The number of aromatic hydroxyl groups is 1. The number of ether oxygens (including phenoxy) is 2. The van der Waals surface area contributed by atoms with Gasteiger partial charge in [0, 0.05) is 18.6 Å². The van der Waals surface area contributed by atoms with Crippen LogP contribution in [0, 0.1) is 0 Å². The number of methoxy groups -OCH3 is 1. The third kappa shape index (κ3) is 4.44. The lowest BCUT2D eigenvalue weighted by Gasteiger charge is -2.13. The topological polar surface area (TPSA) is 55.8 Å². The number of benzene rings is 1. The van der Waals surface area contributed by atoms with E-state index in [0.29, 0.717) is 24.5 Å². The van der Waals surface area contributed by atoms with Crippen LogP contribution < -0.4 is 9.47 Å². The average Bonchev–Trinajstić information content (AvgIpc) is 2.43. The third-order valence-corrected chi connectivity index (χ3v) is 3.05. The standard InChI is InChI=1S/C16H24O4/c1-4-6-7-9-20-12-10-14(18)16(13(17)8-5-2)15(11-12)19-3/h10-11,18H,4-9H2,1-3H3. The molecule has 0 heterocycles. The van der Waals surface area contributed by atoms with Crippen LogP contribution in [-0.4, -0.2) is 24.6 Å². The van der Waals surface area contributed by atoms with Crippen LogP contribution in [0.25, 0.3) is 0 Å². The Morgan fingerprint density at radius 1 is 1.20 bits per heavy atom. The lowest BCUT2D eigenvalue weighted by Crippen LogP contribution is -2.04. The highest BCUT2D eigenvalue weighted by molar-refractivity contribution is 6.01. The number of phenols is 1. The Balaban J connectivity index is 2.86. The first-order valence-electron chi connectivity index (χ1n) is 7.21. The molecule has 1 aromatic rings. The largest absolute Gasteiger partial charge is 0.507 e. The molecule has 0 fully saturated rings. The van der Waals surface area contributed by atoms with Crippen molar-refractivity contribution in [2.24, 2.45) is 0 Å². The van der Waals surface area contributed by atoms with Gasteiger partial charge < -0.3 is 14.6 Å². The zero-order valence-corrected chi connectivity index (χ0v) is 12.6. The maximum Gasteiger partial charge on any atom is 0.170 e. The molecule has 0 radical (unpaired) electrons. The Labute approximate surface area is 120 Å². The summed E-state index contributed by atoms with van der Waals surface area (Å²) in [5.41, 5.74) is 0.246. The van der Waals surface area contributed by atoms with Crippen molar-refractivity contribution in [2.45, 2.75) is 46.0 Å². The molecule has 0 aliphatic rings. The number of rotatable bonds is 9. The minimum atomic E-state index is -0.112. The molecule has 0 unspecified atom stereocenters. The molecular formula is C16H24O4. The molecule has 0 saturated carbocycles. The fourth-order valence-electron chi connectivity index (χ4n) is 1.99. The van der Waals surface area contributed by atoms with Gasteiger partial charge in [0.2, 0.25) is 0 Å². The van der Waals surface area contributed by atoms with E-state index < -0.39 is 0 Å². The zero-order chi connectivity index (χ0) is 15.0. The van der Waals surface area contributed by atoms with Gasteiger partial charge in [-0.3, -0.25) is 4.79 Å². The Morgan fingerprint density at radius 3 is 2.55 bits per heavy atom. The van der Waals surface area contributed by atoms with Crippen LogP contribution in [0.4, 0.5) is 0 Å². The summed E-state index contributed by atoms with van der Waals surface area (Å²) >= 11 is 0. The van der Waals surface area contributed by atoms with Crippen LogP contribution in [-0.2, 0) is 0 Å². The second-order valence-corrected chi connectivity index (χ2v) is 4.75. The normalized spacial score (nSPS) is 10.3. The van der Waals surface area contributed by atoms with Gasteiger partial charge >= 0.3 is 0 Å². The number of hydrogen-bond donors (Lipinski definition) is 1. The Morgan fingerprint density at radius 2 is 1.95 bits per heavy atom. The van der Waals surface area contributed by atoms with Crippen LogP contribution in [0.15, 0.2) is 12.1 Å². The Bertz CT molecular complexity index is 440. The van der Waals surface area contributed by atoms with Gasteiger partial charge in [-0.25, -0.2) is 0 Å². The minimum Gasteiger partial charge on any atom is -0.507 e. The molecule has 4 nitrogen and oxygen atoms in total. The van der Waals surface area contributed by atoms with Crippen molar-refractivity contribution in [3.05, 3.63) is 17.7 Å². The number of phenolic OH excluding ortho intramolecular Hbond substituents is 1. The number of Topliss-reactive ketones (excluding diaryl/α,β-unsaturated/α-hetero) is 1. The molecular weight excluding hydrogens is 256 g/mol. The molecule has 4 heteroatoms. The fourth-order valence-corrected chi connectivity index (χ4v) is 1.99. The van der Waals surface area contributed by atoms with E-state index in [1.165, 1.54) is 13.2 Å².